The van der Waals surface area contributed by atoms with Crippen molar-refractivity contribution in [1.82, 2.24) is 4.57 Å². The van der Waals surface area contributed by atoms with E-state index in [4.69, 9.17) is 4.74 Å². The lowest BCUT2D eigenvalue weighted by molar-refractivity contribution is -0.123. The molecule has 0 aliphatic heterocycles. The van der Waals surface area contributed by atoms with Crippen LogP contribution in [-0.4, -0.2) is 22.5 Å². The van der Waals surface area contributed by atoms with E-state index in [1.165, 1.54) is 0 Å². The highest BCUT2D eigenvalue weighted by Gasteiger charge is 2.29. The number of carbonyl (C=O) groups is 2. The van der Waals surface area contributed by atoms with Crippen molar-refractivity contribution in [1.29, 1.82) is 0 Å². The van der Waals surface area contributed by atoms with Crippen molar-refractivity contribution in [3.05, 3.63) is 52.3 Å². The van der Waals surface area contributed by atoms with E-state index in [-0.39, 0.29) is 5.91 Å². The molecule has 0 bridgehead atoms. The number of hydrogen-bond acceptors (Lipinski definition) is 3. The van der Waals surface area contributed by atoms with Crippen LogP contribution in [0.2, 0.25) is 0 Å². The lowest BCUT2D eigenvalue weighted by Gasteiger charge is -2.16. The summed E-state index contributed by atoms with van der Waals surface area (Å²) in [6.45, 7) is 9.40. The highest BCUT2D eigenvalue weighted by Crippen LogP contribution is 2.38. The fourth-order valence-corrected chi connectivity index (χ4v) is 3.39. The molecule has 1 saturated carbocycles. The Kier molecular flexibility index (Phi) is 4.90. The van der Waals surface area contributed by atoms with Crippen molar-refractivity contribution >= 4 is 17.6 Å². The maximum Gasteiger partial charge on any atom is 0.340 e. The van der Waals surface area contributed by atoms with Crippen LogP contribution in [0.1, 0.15) is 58.7 Å². The van der Waals surface area contributed by atoms with Gasteiger partial charge in [0.15, 0.2) is 6.10 Å². The first kappa shape index (κ1) is 18.2. The monoisotopic (exact) mass is 354 g/mol. The highest BCUT2D eigenvalue weighted by atomic mass is 16.5. The van der Waals surface area contributed by atoms with Crippen molar-refractivity contribution in [2.75, 3.05) is 5.32 Å². The number of rotatable bonds is 5. The molecule has 1 aromatic carbocycles. The summed E-state index contributed by atoms with van der Waals surface area (Å²) in [5, 5.41) is 2.87. The second-order valence-corrected chi connectivity index (χ2v) is 7.19. The predicted molar refractivity (Wildman–Crippen MR) is 102 cm³/mol. The largest absolute Gasteiger partial charge is 0.449 e. The summed E-state index contributed by atoms with van der Waals surface area (Å²) < 4.78 is 7.63. The molecule has 1 amide bonds. The maximum atomic E-state index is 12.6. The molecule has 138 valence electrons. The maximum absolute atomic E-state index is 12.6. The second-order valence-electron chi connectivity index (χ2n) is 7.19. The molecule has 0 saturated heterocycles. The van der Waals surface area contributed by atoms with Gasteiger partial charge >= 0.3 is 5.97 Å². The SMILES string of the molecule is Cc1cccc(C)c1NC(=O)C(C)OC(=O)c1cc(C)n(C2CC2)c1C. The molecule has 1 heterocycles. The van der Waals surface area contributed by atoms with Gasteiger partial charge < -0.3 is 14.6 Å². The third-order valence-electron chi connectivity index (χ3n) is 5.00. The lowest BCUT2D eigenvalue weighted by atomic mass is 10.1. The molecule has 5 heteroatoms. The zero-order chi connectivity index (χ0) is 19.0. The molecule has 1 unspecified atom stereocenters. The molecule has 0 radical (unpaired) electrons. The topological polar surface area (TPSA) is 60.3 Å². The van der Waals surface area contributed by atoms with Gasteiger partial charge in [0, 0.05) is 23.1 Å². The second kappa shape index (κ2) is 6.98. The van der Waals surface area contributed by atoms with Gasteiger partial charge in [-0.2, -0.15) is 0 Å². The zero-order valence-electron chi connectivity index (χ0n) is 16.1. The molecular weight excluding hydrogens is 328 g/mol. The van der Waals surface area contributed by atoms with Gasteiger partial charge in [-0.05, 0) is 64.7 Å². The number of aromatic nitrogens is 1. The Labute approximate surface area is 154 Å². The Morgan fingerprint density at radius 1 is 1.15 bits per heavy atom. The van der Waals surface area contributed by atoms with E-state index in [0.717, 1.165) is 41.0 Å². The number of hydrogen-bond donors (Lipinski definition) is 1. The Balaban J connectivity index is 1.69. The highest BCUT2D eigenvalue weighted by molar-refractivity contribution is 5.98. The van der Waals surface area contributed by atoms with Gasteiger partial charge in [0.1, 0.15) is 0 Å². The number of anilines is 1. The smallest absolute Gasteiger partial charge is 0.340 e. The molecule has 1 atom stereocenters. The van der Waals surface area contributed by atoms with Crippen LogP contribution in [0.3, 0.4) is 0 Å². The van der Waals surface area contributed by atoms with Gasteiger partial charge in [-0.25, -0.2) is 4.79 Å². The first-order valence-corrected chi connectivity index (χ1v) is 9.06. The van der Waals surface area contributed by atoms with Crippen molar-refractivity contribution in [2.45, 2.75) is 59.6 Å². The predicted octanol–water partition coefficient (Wildman–Crippen LogP) is 4.24. The molecule has 2 aromatic rings. The summed E-state index contributed by atoms with van der Waals surface area (Å²) in [7, 11) is 0. The Morgan fingerprint density at radius 3 is 2.35 bits per heavy atom. The third kappa shape index (κ3) is 3.52. The summed E-state index contributed by atoms with van der Waals surface area (Å²) in [4.78, 5) is 25.0. The Morgan fingerprint density at radius 2 is 1.77 bits per heavy atom. The van der Waals surface area contributed by atoms with Crippen molar-refractivity contribution in [3.63, 3.8) is 0 Å². The Hall–Kier alpha value is -2.56. The van der Waals surface area contributed by atoms with Crippen molar-refractivity contribution in [3.8, 4) is 0 Å². The first-order chi connectivity index (χ1) is 12.3. The van der Waals surface area contributed by atoms with Crippen molar-refractivity contribution in [2.24, 2.45) is 0 Å². The van der Waals surface area contributed by atoms with Gasteiger partial charge in [-0.15, -0.1) is 0 Å². The van der Waals surface area contributed by atoms with Crippen LogP contribution in [0.25, 0.3) is 0 Å². The van der Waals surface area contributed by atoms with Crippen LogP contribution < -0.4 is 5.32 Å². The zero-order valence-corrected chi connectivity index (χ0v) is 16.1. The van der Waals surface area contributed by atoms with Crippen molar-refractivity contribution < 1.29 is 14.3 Å². The molecule has 5 nitrogen and oxygen atoms in total. The molecule has 3 rings (SSSR count). The standard InChI is InChI=1S/C21H26N2O3/c1-12-7-6-8-13(2)19(12)22-20(24)16(5)26-21(25)18-11-14(3)23(15(18)4)17-9-10-17/h6-8,11,16-17H,9-10H2,1-5H3,(H,22,24). The lowest BCUT2D eigenvalue weighted by Crippen LogP contribution is -2.30. The average molecular weight is 354 g/mol. The molecule has 1 N–H and O–H groups in total. The van der Waals surface area contributed by atoms with Crippen LogP contribution >= 0.6 is 0 Å². The summed E-state index contributed by atoms with van der Waals surface area (Å²) in [5.41, 5.74) is 5.24. The number of carbonyl (C=O) groups excluding carboxylic acids is 2. The summed E-state index contributed by atoms with van der Waals surface area (Å²) >= 11 is 0. The number of nitrogens with one attached hydrogen (secondary N) is 1. The molecule has 1 aliphatic rings. The number of esters is 1. The summed E-state index contributed by atoms with van der Waals surface area (Å²) in [6.07, 6.45) is 1.43. The minimum atomic E-state index is -0.870. The minimum absolute atomic E-state index is 0.327. The Bertz CT molecular complexity index is 842. The number of para-hydroxylation sites is 1. The third-order valence-corrected chi connectivity index (χ3v) is 5.00. The summed E-state index contributed by atoms with van der Waals surface area (Å²) in [6, 6.07) is 8.17. The van der Waals surface area contributed by atoms with E-state index in [2.05, 4.69) is 9.88 Å². The van der Waals surface area contributed by atoms with Gasteiger partial charge in [0.2, 0.25) is 0 Å². The van der Waals surface area contributed by atoms with Gasteiger partial charge in [0.25, 0.3) is 5.91 Å². The van der Waals surface area contributed by atoms with E-state index in [0.29, 0.717) is 11.6 Å². The number of ether oxygens (including phenoxy) is 1. The molecular formula is C21H26N2O3. The quantitative estimate of drug-likeness (QED) is 0.817. The molecule has 1 aromatic heterocycles. The van der Waals surface area contributed by atoms with Crippen LogP contribution in [0.5, 0.6) is 0 Å². The molecule has 1 fully saturated rings. The average Bonchev–Trinajstić information content (AvgIpc) is 3.36. The molecule has 0 spiro atoms. The van der Waals surface area contributed by atoms with Gasteiger partial charge in [-0.3, -0.25) is 4.79 Å². The number of nitrogens with zero attached hydrogens (tertiary/aromatic N) is 1. The first-order valence-electron chi connectivity index (χ1n) is 9.06. The molecule has 26 heavy (non-hydrogen) atoms. The van der Waals surface area contributed by atoms with Crippen LogP contribution in [0, 0.1) is 27.7 Å². The number of aryl methyl sites for hydroxylation is 3. The van der Waals surface area contributed by atoms with E-state index in [9.17, 15) is 9.59 Å². The molecule has 1 aliphatic carbocycles. The minimum Gasteiger partial charge on any atom is -0.449 e. The van der Waals surface area contributed by atoms with E-state index in [1.54, 1.807) is 6.92 Å². The normalized spacial score (nSPS) is 14.8. The van der Waals surface area contributed by atoms with Crippen LogP contribution in [-0.2, 0) is 9.53 Å². The summed E-state index contributed by atoms with van der Waals surface area (Å²) in [5.74, 6) is -0.777. The fraction of sp³-hybridized carbons (Fsp3) is 0.429. The van der Waals surface area contributed by atoms with E-state index >= 15 is 0 Å². The number of benzene rings is 1. The van der Waals surface area contributed by atoms with Crippen LogP contribution in [0.4, 0.5) is 5.69 Å². The van der Waals surface area contributed by atoms with Crippen LogP contribution in [0.15, 0.2) is 24.3 Å². The van der Waals surface area contributed by atoms with E-state index in [1.807, 2.05) is 52.0 Å². The number of amides is 1. The van der Waals surface area contributed by atoms with Gasteiger partial charge in [0.05, 0.1) is 5.56 Å². The fourth-order valence-electron chi connectivity index (χ4n) is 3.39. The van der Waals surface area contributed by atoms with Gasteiger partial charge in [-0.1, -0.05) is 18.2 Å². The van der Waals surface area contributed by atoms with E-state index < -0.39 is 12.1 Å².